The zero-order chi connectivity index (χ0) is 16.9. The number of thiazole rings is 1. The maximum atomic E-state index is 8.49. The van der Waals surface area contributed by atoms with E-state index < -0.39 is 10.2 Å². The minimum atomic E-state index is -4.94. The monoisotopic (exact) mass is 346 g/mol. The number of rotatable bonds is 3. The van der Waals surface area contributed by atoms with Gasteiger partial charge in [0.1, 0.15) is 11.2 Å². The van der Waals surface area contributed by atoms with Crippen molar-refractivity contribution < 1.29 is 33.4 Å². The lowest BCUT2D eigenvalue weighted by atomic mass is 10.3. The van der Waals surface area contributed by atoms with E-state index in [1.54, 1.807) is 0 Å². The fourth-order valence-electron chi connectivity index (χ4n) is 1.79. The van der Waals surface area contributed by atoms with Crippen LogP contribution in [0.25, 0.3) is 16.3 Å². The van der Waals surface area contributed by atoms with Crippen molar-refractivity contribution in [3.63, 3.8) is 0 Å². The number of halogens is 1. The Kier molecular flexibility index (Phi) is 6.73. The van der Waals surface area contributed by atoms with Crippen molar-refractivity contribution in [2.75, 3.05) is 14.1 Å². The number of aromatic nitrogens is 1. The summed E-state index contributed by atoms with van der Waals surface area (Å²) in [6.45, 7) is 5.35. The molecule has 0 saturated heterocycles. The molecule has 0 aliphatic carbocycles. The van der Waals surface area contributed by atoms with E-state index in [0.29, 0.717) is 0 Å². The predicted octanol–water partition coefficient (Wildman–Crippen LogP) is -1.62. The average molecular weight is 347 g/mol. The lowest BCUT2D eigenvalue weighted by Gasteiger charge is -2.17. The zero-order valence-corrected chi connectivity index (χ0v) is 14.5. The van der Waals surface area contributed by atoms with Crippen molar-refractivity contribution in [1.82, 2.24) is 4.90 Å². The fraction of sp³-hybridized carbons (Fsp3) is 0.357. The smallest absolute Gasteiger partial charge is 0.264 e. The van der Waals surface area contributed by atoms with Crippen molar-refractivity contribution in [1.29, 1.82) is 0 Å². The first kappa shape index (κ1) is 18.8. The molecule has 8 heteroatoms. The minimum absolute atomic E-state index is 1.01. The molecule has 0 fully saturated rings. The summed E-state index contributed by atoms with van der Waals surface area (Å²) in [5.74, 6) is 0. The van der Waals surface area contributed by atoms with E-state index in [4.69, 9.17) is 18.6 Å². The van der Waals surface area contributed by atoms with Gasteiger partial charge in [-0.1, -0.05) is 23.5 Å². The van der Waals surface area contributed by atoms with E-state index in [1.165, 1.54) is 20.9 Å². The lowest BCUT2D eigenvalue weighted by molar-refractivity contribution is -2.00. The summed E-state index contributed by atoms with van der Waals surface area (Å²) in [5, 5.41) is 1.32. The third kappa shape index (κ3) is 5.88. The minimum Gasteiger partial charge on any atom is -0.381 e. The van der Waals surface area contributed by atoms with E-state index in [0.717, 1.165) is 6.54 Å². The van der Waals surface area contributed by atoms with Gasteiger partial charge in [-0.25, -0.2) is 18.6 Å². The van der Waals surface area contributed by atoms with Crippen LogP contribution in [0.15, 0.2) is 30.0 Å². The Morgan fingerprint density at radius 2 is 1.77 bits per heavy atom. The number of fused-ring (bicyclic) bond motifs is 1. The fourth-order valence-corrected chi connectivity index (χ4v) is 3.02. The van der Waals surface area contributed by atoms with Gasteiger partial charge in [0.05, 0.1) is 0 Å². The number of aryl methyl sites for hydroxylation is 1. The molecule has 6 nitrogen and oxygen atoms in total. The molecule has 0 N–H and O–H groups in total. The molecule has 1 aromatic carbocycles. The summed E-state index contributed by atoms with van der Waals surface area (Å²) in [6, 6.07) is 8.59. The van der Waals surface area contributed by atoms with Gasteiger partial charge in [0.15, 0.2) is 0 Å². The van der Waals surface area contributed by atoms with E-state index in [1.807, 2.05) is 11.3 Å². The van der Waals surface area contributed by atoms with Crippen LogP contribution in [0.2, 0.25) is 0 Å². The molecule has 0 unspecified atom stereocenters. The summed E-state index contributed by atoms with van der Waals surface area (Å²) in [5.41, 5.74) is 2.61. The lowest BCUT2D eigenvalue weighted by Crippen LogP contribution is -2.68. The Labute approximate surface area is 135 Å². The van der Waals surface area contributed by atoms with Crippen LogP contribution in [0.5, 0.6) is 0 Å². The number of benzene rings is 1. The molecular weight excluding hydrogens is 328 g/mol. The maximum absolute atomic E-state index is 8.49. The van der Waals surface area contributed by atoms with Gasteiger partial charge in [-0.3, -0.25) is 0 Å². The topological polar surface area (TPSA) is 99.4 Å². The van der Waals surface area contributed by atoms with E-state index >= 15 is 0 Å². The Hall–Kier alpha value is -1.22. The molecule has 0 bridgehead atoms. The molecule has 22 heavy (non-hydrogen) atoms. The Morgan fingerprint density at radius 1 is 1.23 bits per heavy atom. The summed E-state index contributed by atoms with van der Waals surface area (Å²) >= 11 is 1.85. The molecule has 1 heterocycles. The van der Waals surface area contributed by atoms with Crippen LogP contribution in [-0.4, -0.2) is 19.0 Å². The van der Waals surface area contributed by atoms with E-state index in [-0.39, 0.29) is 0 Å². The Bertz CT molecular complexity index is 644. The molecule has 122 valence electrons. The van der Waals surface area contributed by atoms with Gasteiger partial charge in [0.25, 0.3) is 5.01 Å². The molecule has 0 radical (unpaired) electrons. The second-order valence-electron chi connectivity index (χ2n) is 4.71. The third-order valence-electron chi connectivity index (χ3n) is 2.99. The molecule has 0 saturated carbocycles. The average Bonchev–Trinajstić information content (AvgIpc) is 2.73. The van der Waals surface area contributed by atoms with Gasteiger partial charge in [-0.15, -0.1) is 10.2 Å². The highest BCUT2D eigenvalue weighted by Gasteiger charge is 2.16. The molecule has 2 aromatic rings. The first-order chi connectivity index (χ1) is 10.1. The van der Waals surface area contributed by atoms with Crippen LogP contribution in [0.1, 0.15) is 18.9 Å². The molecule has 0 amide bonds. The number of hydrogen-bond acceptors (Lipinski definition) is 6. The van der Waals surface area contributed by atoms with Crippen LogP contribution in [0, 0.1) is 10.2 Å². The third-order valence-corrected chi connectivity index (χ3v) is 4.10. The first-order valence-electron chi connectivity index (χ1n) is 6.52. The predicted molar refractivity (Wildman–Crippen MR) is 75.0 cm³/mol. The molecule has 1 aromatic heterocycles. The van der Waals surface area contributed by atoms with Gasteiger partial charge in [0.2, 0.25) is 5.52 Å². The largest absolute Gasteiger partial charge is 0.381 e. The Balaban J connectivity index is 0.000000422. The highest BCUT2D eigenvalue weighted by atomic mass is 35.7. The number of allylic oxidation sites excluding steroid dienone is 1. The van der Waals surface area contributed by atoms with Crippen molar-refractivity contribution in [3.05, 3.63) is 35.0 Å². The van der Waals surface area contributed by atoms with Crippen molar-refractivity contribution >= 4 is 27.6 Å². The summed E-state index contributed by atoms with van der Waals surface area (Å²) < 4.78 is 37.7. The number of para-hydroxylation sites is 1. The van der Waals surface area contributed by atoms with E-state index in [9.17, 15) is 0 Å². The highest BCUT2D eigenvalue weighted by molar-refractivity contribution is 7.18. The van der Waals surface area contributed by atoms with Crippen LogP contribution >= 0.6 is 11.3 Å². The van der Waals surface area contributed by atoms with Crippen molar-refractivity contribution in [2.45, 2.75) is 20.4 Å². The second-order valence-corrected chi connectivity index (χ2v) is 6.53. The molecule has 0 spiro atoms. The maximum Gasteiger partial charge on any atom is 0.264 e. The molecule has 0 atom stereocenters. The van der Waals surface area contributed by atoms with Gasteiger partial charge < -0.3 is 4.90 Å². The van der Waals surface area contributed by atoms with Gasteiger partial charge in [0, 0.05) is 31.9 Å². The van der Waals surface area contributed by atoms with Crippen LogP contribution < -0.4 is 23.2 Å². The molecule has 0 aliphatic heterocycles. The van der Waals surface area contributed by atoms with Gasteiger partial charge >= 0.3 is 0 Å². The van der Waals surface area contributed by atoms with Crippen molar-refractivity contribution in [3.8, 4) is 0 Å². The second kappa shape index (κ2) is 7.87. The molecule has 2 rings (SSSR count). The quantitative estimate of drug-likeness (QED) is 0.622. The van der Waals surface area contributed by atoms with Crippen LogP contribution in [-0.2, 0) is 6.54 Å². The summed E-state index contributed by atoms with van der Waals surface area (Å²) in [7, 11) is -0.787. The molecule has 0 aliphatic rings. The van der Waals surface area contributed by atoms with Crippen LogP contribution in [0.4, 0.5) is 0 Å². The SMILES string of the molecule is CC[n+]1c(C=C(C)N(C)C)sc2ccccc21.[O-][Cl+3]([O-])([O-])[O-]. The molecular formula is C14H19ClN2O4S. The first-order valence-corrected chi connectivity index (χ1v) is 8.57. The van der Waals surface area contributed by atoms with E-state index in [2.05, 4.69) is 67.8 Å². The number of hydrogen-bond donors (Lipinski definition) is 0. The number of nitrogens with zero attached hydrogens (tertiary/aromatic N) is 2. The summed E-state index contributed by atoms with van der Waals surface area (Å²) in [4.78, 5) is 2.14. The normalized spacial score (nSPS) is 12.1. The van der Waals surface area contributed by atoms with Gasteiger partial charge in [-0.05, 0) is 19.9 Å². The zero-order valence-electron chi connectivity index (χ0n) is 12.9. The standard InChI is InChI=1S/C14H19N2S.ClHO4/c1-5-16-12-8-6-7-9-13(12)17-14(16)10-11(2)15(3)4;2-1(3,4)5/h6-10H,5H2,1-4H3;(H,2,3,4,5)/q+1;/p-1. The van der Waals surface area contributed by atoms with Crippen LogP contribution in [0.3, 0.4) is 0 Å². The highest BCUT2D eigenvalue weighted by Crippen LogP contribution is 2.22. The van der Waals surface area contributed by atoms with Crippen molar-refractivity contribution in [2.24, 2.45) is 0 Å². The summed E-state index contributed by atoms with van der Waals surface area (Å²) in [6.07, 6.45) is 2.26. The van der Waals surface area contributed by atoms with Gasteiger partial charge in [-0.2, -0.15) is 4.57 Å². The Morgan fingerprint density at radius 3 is 2.27 bits per heavy atom.